The second-order valence-electron chi connectivity index (χ2n) is 7.40. The molecule has 0 saturated heterocycles. The van der Waals surface area contributed by atoms with Crippen molar-refractivity contribution in [3.8, 4) is 0 Å². The quantitative estimate of drug-likeness (QED) is 0.256. The molecule has 0 bridgehead atoms. The summed E-state index contributed by atoms with van der Waals surface area (Å²) >= 11 is 5.33. The number of hydrogen-bond donors (Lipinski definition) is 2. The fourth-order valence-electron chi connectivity index (χ4n) is 3.32. The third-order valence-electron chi connectivity index (χ3n) is 4.89. The van der Waals surface area contributed by atoms with Gasteiger partial charge in [0.25, 0.3) is 0 Å². The van der Waals surface area contributed by atoms with Gasteiger partial charge in [-0.05, 0) is 21.9 Å². The zero-order valence-corrected chi connectivity index (χ0v) is 20.0. The Bertz CT molecular complexity index is 1120. The number of rotatable bonds is 12. The van der Waals surface area contributed by atoms with Gasteiger partial charge < -0.3 is 14.5 Å². The van der Waals surface area contributed by atoms with Crippen LogP contribution in [0, 0.1) is 0 Å². The van der Waals surface area contributed by atoms with E-state index in [9.17, 15) is 24.2 Å². The van der Waals surface area contributed by atoms with Crippen molar-refractivity contribution in [2.45, 2.75) is 25.2 Å². The highest BCUT2D eigenvalue weighted by molar-refractivity contribution is 7.80. The summed E-state index contributed by atoms with van der Waals surface area (Å²) in [6.45, 7) is -5.12. The van der Waals surface area contributed by atoms with Crippen molar-refractivity contribution in [3.63, 3.8) is 0 Å². The molecule has 35 heavy (non-hydrogen) atoms. The minimum Gasteiger partial charge on any atom is -0.481 e. The van der Waals surface area contributed by atoms with Crippen LogP contribution >= 0.6 is 18.2 Å². The molecule has 2 atom stereocenters. The molecular weight excluding hydrogens is 497 g/mol. The SMILES string of the molecule is O=C(O)C[C@](C(=O)OP(=O)(O)Cl)(c1ccccc1)N(OCc1ccccc1)OCc1ccccc1. The number of nitrogens with zero attached hydrogens (tertiary/aromatic N) is 1. The van der Waals surface area contributed by atoms with Gasteiger partial charge in [0.2, 0.25) is 5.54 Å². The second kappa shape index (κ2) is 12.1. The Balaban J connectivity index is 2.10. The Labute approximate surface area is 206 Å². The molecule has 0 spiro atoms. The van der Waals surface area contributed by atoms with E-state index in [1.165, 1.54) is 12.1 Å². The molecule has 0 radical (unpaired) electrons. The first-order valence-corrected chi connectivity index (χ1v) is 12.9. The van der Waals surface area contributed by atoms with Gasteiger partial charge in [-0.2, -0.15) is 0 Å². The number of hydrogen-bond acceptors (Lipinski definition) is 7. The number of aliphatic carboxylic acids is 1. The molecule has 0 aromatic heterocycles. The van der Waals surface area contributed by atoms with Crippen LogP contribution in [0.3, 0.4) is 0 Å². The van der Waals surface area contributed by atoms with Crippen LogP contribution in [0.4, 0.5) is 0 Å². The largest absolute Gasteiger partial charge is 0.481 e. The number of carbonyl (C=O) groups excluding carboxylic acids is 1. The predicted molar refractivity (Wildman–Crippen MR) is 126 cm³/mol. The van der Waals surface area contributed by atoms with E-state index >= 15 is 0 Å². The van der Waals surface area contributed by atoms with Crippen LogP contribution in [0.1, 0.15) is 23.1 Å². The molecule has 11 heteroatoms. The molecule has 0 aliphatic rings. The molecule has 0 heterocycles. The Morgan fingerprint density at radius 2 is 1.26 bits per heavy atom. The number of hydroxylamine groups is 2. The van der Waals surface area contributed by atoms with Crippen LogP contribution in [0.5, 0.6) is 0 Å². The zero-order valence-electron chi connectivity index (χ0n) is 18.4. The molecule has 2 N–H and O–H groups in total. The van der Waals surface area contributed by atoms with E-state index < -0.39 is 30.8 Å². The van der Waals surface area contributed by atoms with Crippen LogP contribution in [-0.4, -0.2) is 27.2 Å². The van der Waals surface area contributed by atoms with Crippen LogP contribution < -0.4 is 0 Å². The highest BCUT2D eigenvalue weighted by Gasteiger charge is 2.53. The van der Waals surface area contributed by atoms with E-state index in [2.05, 4.69) is 4.52 Å². The van der Waals surface area contributed by atoms with Gasteiger partial charge in [0.15, 0.2) is 0 Å². The van der Waals surface area contributed by atoms with E-state index in [1.807, 2.05) is 12.1 Å². The van der Waals surface area contributed by atoms with Gasteiger partial charge in [-0.15, -0.1) is 0 Å². The monoisotopic (exact) mass is 519 g/mol. The van der Waals surface area contributed by atoms with Crippen molar-refractivity contribution in [3.05, 3.63) is 108 Å². The lowest BCUT2D eigenvalue weighted by atomic mass is 9.87. The molecule has 0 aliphatic heterocycles. The van der Waals surface area contributed by atoms with Gasteiger partial charge in [-0.1, -0.05) is 91.0 Å². The lowest BCUT2D eigenvalue weighted by molar-refractivity contribution is -0.421. The summed E-state index contributed by atoms with van der Waals surface area (Å²) in [4.78, 5) is 46.6. The summed E-state index contributed by atoms with van der Waals surface area (Å²) < 4.78 is 16.4. The highest BCUT2D eigenvalue weighted by Crippen LogP contribution is 2.50. The smallest absolute Gasteiger partial charge is 0.476 e. The van der Waals surface area contributed by atoms with Crippen LogP contribution in [0.15, 0.2) is 91.0 Å². The lowest BCUT2D eigenvalue weighted by Gasteiger charge is -2.38. The van der Waals surface area contributed by atoms with E-state index in [0.717, 1.165) is 0 Å². The van der Waals surface area contributed by atoms with E-state index in [4.69, 9.17) is 20.9 Å². The van der Waals surface area contributed by atoms with Crippen molar-refractivity contribution in [1.82, 2.24) is 5.23 Å². The summed E-state index contributed by atoms with van der Waals surface area (Å²) in [5.41, 5.74) is -0.865. The molecule has 9 nitrogen and oxygen atoms in total. The number of carboxylic acids is 1. The first kappa shape index (κ1) is 26.6. The van der Waals surface area contributed by atoms with Crippen LogP contribution in [0.2, 0.25) is 0 Å². The standard InChI is InChI=1S/C24H23ClNO8P/c25-35(30,31)34-23(29)24(16-22(27)28,21-14-8-3-9-15-21)26(32-17-19-10-4-1-5-11-19)33-18-20-12-6-2-7-13-20/h1-15H,16-18H2,(H,27,28)(H,30,31)/t24-/m1/s1. The molecule has 0 amide bonds. The van der Waals surface area contributed by atoms with E-state index in [1.54, 1.807) is 66.7 Å². The van der Waals surface area contributed by atoms with Gasteiger partial charge in [-0.25, -0.2) is 9.36 Å². The Hall–Kier alpha value is -3.04. The summed E-state index contributed by atoms with van der Waals surface area (Å²) in [6.07, 6.45) is -0.934. The first-order chi connectivity index (χ1) is 16.7. The van der Waals surface area contributed by atoms with E-state index in [0.29, 0.717) is 16.4 Å². The maximum atomic E-state index is 13.4. The second-order valence-corrected chi connectivity index (χ2v) is 9.77. The maximum absolute atomic E-state index is 13.4. The van der Waals surface area contributed by atoms with Gasteiger partial charge >= 0.3 is 18.9 Å². The maximum Gasteiger partial charge on any atom is 0.476 e. The zero-order chi connectivity index (χ0) is 25.3. The molecule has 0 saturated carbocycles. The average molecular weight is 520 g/mol. The van der Waals surface area contributed by atoms with Crippen LogP contribution in [0.25, 0.3) is 0 Å². The molecule has 184 valence electrons. The molecule has 3 rings (SSSR count). The highest BCUT2D eigenvalue weighted by atomic mass is 35.7. The summed E-state index contributed by atoms with van der Waals surface area (Å²) in [5.74, 6) is -2.86. The Morgan fingerprint density at radius 1 is 0.829 bits per heavy atom. The molecule has 0 fully saturated rings. The minimum atomic E-state index is -4.88. The number of benzene rings is 3. The fourth-order valence-corrected chi connectivity index (χ4v) is 3.86. The third kappa shape index (κ3) is 7.47. The molecule has 1 unspecified atom stereocenters. The fraction of sp³-hybridized carbons (Fsp3) is 0.167. The van der Waals surface area contributed by atoms with Crippen molar-refractivity contribution < 1.29 is 38.4 Å². The number of carbonyl (C=O) groups is 2. The number of halogens is 1. The molecular formula is C24H23ClNO8P. The van der Waals surface area contributed by atoms with Crippen molar-refractivity contribution >= 4 is 30.1 Å². The van der Waals surface area contributed by atoms with Gasteiger partial charge in [0, 0.05) is 11.2 Å². The lowest BCUT2D eigenvalue weighted by Crippen LogP contribution is -2.53. The number of carboxylic acid groups (broad SMARTS) is 1. The third-order valence-corrected chi connectivity index (χ3v) is 5.48. The summed E-state index contributed by atoms with van der Waals surface area (Å²) in [7, 11) is 0. The molecule has 3 aromatic carbocycles. The Kier molecular flexibility index (Phi) is 9.17. The normalized spacial score (nSPS) is 14.6. The topological polar surface area (TPSA) is 123 Å². The Morgan fingerprint density at radius 3 is 1.66 bits per heavy atom. The molecule has 0 aliphatic carbocycles. The van der Waals surface area contributed by atoms with Crippen molar-refractivity contribution in [2.24, 2.45) is 0 Å². The minimum absolute atomic E-state index is 0.0821. The molecule has 3 aromatic rings. The first-order valence-electron chi connectivity index (χ1n) is 10.4. The summed E-state index contributed by atoms with van der Waals surface area (Å²) in [5, 5.41) is 10.5. The van der Waals surface area contributed by atoms with Gasteiger partial charge in [0.05, 0.1) is 19.6 Å². The average Bonchev–Trinajstić information content (AvgIpc) is 2.83. The van der Waals surface area contributed by atoms with Crippen molar-refractivity contribution in [2.75, 3.05) is 0 Å². The van der Waals surface area contributed by atoms with Crippen LogP contribution in [-0.2, 0) is 47.1 Å². The van der Waals surface area contributed by atoms with Crippen molar-refractivity contribution in [1.29, 1.82) is 0 Å². The van der Waals surface area contributed by atoms with Gasteiger partial charge in [-0.3, -0.25) is 14.5 Å². The van der Waals surface area contributed by atoms with Gasteiger partial charge in [0.1, 0.15) is 0 Å². The predicted octanol–water partition coefficient (Wildman–Crippen LogP) is 4.80. The summed E-state index contributed by atoms with van der Waals surface area (Å²) in [6, 6.07) is 25.4. The van der Waals surface area contributed by atoms with E-state index in [-0.39, 0.29) is 18.8 Å².